The molecule has 2 amide bonds. The molecule has 8 heteroatoms. The molecule has 1 aromatic rings. The Labute approximate surface area is 144 Å². The Morgan fingerprint density at radius 1 is 1.12 bits per heavy atom. The summed E-state index contributed by atoms with van der Waals surface area (Å²) in [7, 11) is 0. The van der Waals surface area contributed by atoms with Crippen molar-refractivity contribution in [3.63, 3.8) is 0 Å². The number of piperidine rings is 1. The molecule has 2 atom stereocenters. The number of hydrogen-bond acceptors (Lipinski definition) is 3. The molecule has 25 heavy (non-hydrogen) atoms. The highest BCUT2D eigenvalue weighted by atomic mass is 19.1. The second kappa shape index (κ2) is 7.25. The van der Waals surface area contributed by atoms with Crippen LogP contribution in [-0.4, -0.2) is 54.2 Å². The fourth-order valence-electron chi connectivity index (χ4n) is 3.50. The maximum absolute atomic E-state index is 13.9. The van der Waals surface area contributed by atoms with Crippen LogP contribution in [0, 0.1) is 17.6 Å². The number of anilines is 1. The first-order chi connectivity index (χ1) is 12.0. The van der Waals surface area contributed by atoms with Crippen molar-refractivity contribution < 1.29 is 23.5 Å². The maximum Gasteiger partial charge on any atom is 0.317 e. The largest absolute Gasteiger partial charge is 0.481 e. The minimum absolute atomic E-state index is 0.0665. The Hall–Kier alpha value is -2.38. The molecule has 2 fully saturated rings. The van der Waals surface area contributed by atoms with E-state index in [-0.39, 0.29) is 24.3 Å². The van der Waals surface area contributed by atoms with Crippen molar-refractivity contribution in [2.24, 2.45) is 5.92 Å². The minimum atomic E-state index is -0.889. The van der Waals surface area contributed by atoms with Gasteiger partial charge in [0.1, 0.15) is 17.3 Å². The smallest absolute Gasteiger partial charge is 0.317 e. The van der Waals surface area contributed by atoms with Crippen LogP contribution in [0.4, 0.5) is 19.3 Å². The summed E-state index contributed by atoms with van der Waals surface area (Å²) in [5.41, 5.74) is -0.0665. The molecule has 136 valence electrons. The van der Waals surface area contributed by atoms with Crippen molar-refractivity contribution in [2.75, 3.05) is 31.1 Å². The molecule has 1 aromatic carbocycles. The molecule has 2 aliphatic heterocycles. The summed E-state index contributed by atoms with van der Waals surface area (Å²) in [4.78, 5) is 26.5. The molecule has 2 heterocycles. The van der Waals surface area contributed by atoms with Crippen LogP contribution < -0.4 is 10.2 Å². The lowest BCUT2D eigenvalue weighted by atomic mass is 9.99. The zero-order chi connectivity index (χ0) is 18.0. The van der Waals surface area contributed by atoms with Gasteiger partial charge in [-0.15, -0.1) is 0 Å². The first kappa shape index (κ1) is 17.4. The van der Waals surface area contributed by atoms with Gasteiger partial charge in [0.25, 0.3) is 0 Å². The number of aliphatic carboxylic acids is 1. The van der Waals surface area contributed by atoms with E-state index in [0.29, 0.717) is 38.9 Å². The van der Waals surface area contributed by atoms with E-state index in [2.05, 4.69) is 5.32 Å². The highest BCUT2D eigenvalue weighted by Crippen LogP contribution is 2.27. The van der Waals surface area contributed by atoms with E-state index in [1.165, 1.54) is 23.1 Å². The molecule has 3 rings (SSSR count). The molecule has 2 aliphatic rings. The lowest BCUT2D eigenvalue weighted by Gasteiger charge is -2.31. The first-order valence-electron chi connectivity index (χ1n) is 8.43. The Morgan fingerprint density at radius 3 is 2.52 bits per heavy atom. The number of amides is 2. The summed E-state index contributed by atoms with van der Waals surface area (Å²) in [6, 6.07) is 3.20. The van der Waals surface area contributed by atoms with Gasteiger partial charge in [0.2, 0.25) is 0 Å². The van der Waals surface area contributed by atoms with Crippen LogP contribution in [0.25, 0.3) is 0 Å². The number of carbonyl (C=O) groups is 2. The molecular formula is C17H21F2N3O3. The number of carboxylic acid groups (broad SMARTS) is 1. The van der Waals surface area contributed by atoms with Gasteiger partial charge in [-0.05, 0) is 31.4 Å². The minimum Gasteiger partial charge on any atom is -0.481 e. The van der Waals surface area contributed by atoms with Crippen molar-refractivity contribution in [3.05, 3.63) is 29.8 Å². The molecule has 0 bridgehead atoms. The molecule has 6 nitrogen and oxygen atoms in total. The molecule has 2 N–H and O–H groups in total. The third kappa shape index (κ3) is 3.83. The van der Waals surface area contributed by atoms with Gasteiger partial charge in [-0.25, -0.2) is 13.6 Å². The second-order valence-electron chi connectivity index (χ2n) is 6.57. The molecule has 0 saturated carbocycles. The molecule has 0 radical (unpaired) electrons. The van der Waals surface area contributed by atoms with Crippen molar-refractivity contribution in [1.29, 1.82) is 0 Å². The molecular weight excluding hydrogens is 332 g/mol. The van der Waals surface area contributed by atoms with E-state index in [9.17, 15) is 18.4 Å². The number of carboxylic acids is 1. The molecule has 0 spiro atoms. The van der Waals surface area contributed by atoms with Gasteiger partial charge < -0.3 is 20.2 Å². The zero-order valence-corrected chi connectivity index (χ0v) is 13.8. The van der Waals surface area contributed by atoms with Gasteiger partial charge in [-0.1, -0.05) is 6.07 Å². The Kier molecular flexibility index (Phi) is 5.06. The Bertz CT molecular complexity index is 650. The summed E-state index contributed by atoms with van der Waals surface area (Å²) >= 11 is 0. The highest BCUT2D eigenvalue weighted by Gasteiger charge is 2.31. The second-order valence-corrected chi connectivity index (χ2v) is 6.57. The molecule has 2 saturated heterocycles. The molecule has 0 aromatic heterocycles. The van der Waals surface area contributed by atoms with Gasteiger partial charge in [0.15, 0.2) is 0 Å². The third-order valence-electron chi connectivity index (χ3n) is 4.83. The van der Waals surface area contributed by atoms with E-state index >= 15 is 0 Å². The number of halogens is 2. The normalized spacial score (nSPS) is 23.6. The number of carbonyl (C=O) groups excluding carboxylic acids is 1. The Balaban J connectivity index is 1.58. The van der Waals surface area contributed by atoms with Crippen LogP contribution in [-0.2, 0) is 4.79 Å². The van der Waals surface area contributed by atoms with Gasteiger partial charge in [0, 0.05) is 32.2 Å². The number of nitrogens with one attached hydrogen (secondary N) is 1. The number of likely N-dealkylation sites (tertiary alicyclic amines) is 1. The number of rotatable bonds is 3. The number of hydrogen-bond donors (Lipinski definition) is 2. The SMILES string of the molecule is O=C(O)C1CCCN(C(=O)NC2CCN(c3c(F)cccc3F)C2)C1. The third-order valence-corrected chi connectivity index (χ3v) is 4.83. The predicted octanol–water partition coefficient (Wildman–Crippen LogP) is 2.05. The van der Waals surface area contributed by atoms with E-state index in [1.807, 2.05) is 0 Å². The zero-order valence-electron chi connectivity index (χ0n) is 13.8. The average Bonchev–Trinajstić information content (AvgIpc) is 3.03. The fraction of sp³-hybridized carbons (Fsp3) is 0.529. The van der Waals surface area contributed by atoms with Crippen LogP contribution in [0.1, 0.15) is 19.3 Å². The van der Waals surface area contributed by atoms with Crippen molar-refractivity contribution in [1.82, 2.24) is 10.2 Å². The summed E-state index contributed by atoms with van der Waals surface area (Å²) in [5, 5.41) is 12.0. The van der Waals surface area contributed by atoms with Crippen LogP contribution in [0.2, 0.25) is 0 Å². The van der Waals surface area contributed by atoms with Gasteiger partial charge in [-0.2, -0.15) is 0 Å². The number of para-hydroxylation sites is 1. The van der Waals surface area contributed by atoms with E-state index in [4.69, 9.17) is 5.11 Å². The van der Waals surface area contributed by atoms with Gasteiger partial charge >= 0.3 is 12.0 Å². The lowest BCUT2D eigenvalue weighted by molar-refractivity contribution is -0.143. The fourth-order valence-corrected chi connectivity index (χ4v) is 3.50. The maximum atomic E-state index is 13.9. The van der Waals surface area contributed by atoms with Crippen LogP contribution in [0.5, 0.6) is 0 Å². The Morgan fingerprint density at radius 2 is 1.84 bits per heavy atom. The van der Waals surface area contributed by atoms with Crippen molar-refractivity contribution in [2.45, 2.75) is 25.3 Å². The summed E-state index contributed by atoms with van der Waals surface area (Å²) in [5.74, 6) is -2.66. The summed E-state index contributed by atoms with van der Waals surface area (Å²) < 4.78 is 27.7. The number of benzene rings is 1. The van der Waals surface area contributed by atoms with E-state index in [1.54, 1.807) is 4.90 Å². The highest BCUT2D eigenvalue weighted by molar-refractivity contribution is 5.77. The lowest BCUT2D eigenvalue weighted by Crippen LogP contribution is -2.50. The summed E-state index contributed by atoms with van der Waals surface area (Å²) in [6.45, 7) is 1.48. The topological polar surface area (TPSA) is 72.9 Å². The predicted molar refractivity (Wildman–Crippen MR) is 87.4 cm³/mol. The van der Waals surface area contributed by atoms with Crippen LogP contribution >= 0.6 is 0 Å². The number of urea groups is 1. The van der Waals surface area contributed by atoms with Crippen molar-refractivity contribution in [3.8, 4) is 0 Å². The number of nitrogens with zero attached hydrogens (tertiary/aromatic N) is 2. The van der Waals surface area contributed by atoms with Gasteiger partial charge in [-0.3, -0.25) is 4.79 Å². The van der Waals surface area contributed by atoms with Crippen molar-refractivity contribution >= 4 is 17.7 Å². The summed E-state index contributed by atoms with van der Waals surface area (Å²) in [6.07, 6.45) is 1.81. The van der Waals surface area contributed by atoms with Crippen LogP contribution in [0.15, 0.2) is 18.2 Å². The van der Waals surface area contributed by atoms with E-state index < -0.39 is 23.5 Å². The monoisotopic (exact) mass is 353 g/mol. The molecule has 2 unspecified atom stereocenters. The first-order valence-corrected chi connectivity index (χ1v) is 8.43. The molecule has 0 aliphatic carbocycles. The van der Waals surface area contributed by atoms with E-state index in [0.717, 1.165) is 0 Å². The van der Waals surface area contributed by atoms with Crippen LogP contribution in [0.3, 0.4) is 0 Å². The standard InChI is InChI=1S/C17H21F2N3O3/c18-13-4-1-5-14(19)15(13)21-8-6-12(10-21)20-17(25)22-7-2-3-11(9-22)16(23)24/h1,4-5,11-12H,2-3,6-10H2,(H,20,25)(H,23,24). The average molecular weight is 353 g/mol. The quantitative estimate of drug-likeness (QED) is 0.872. The van der Waals surface area contributed by atoms with Gasteiger partial charge in [0.05, 0.1) is 5.92 Å².